The molecule has 0 heteroatoms. The minimum Gasteiger partial charge on any atom is -0.0912 e. The van der Waals surface area contributed by atoms with E-state index < -0.39 is 0 Å². The topological polar surface area (TPSA) is 0 Å². The van der Waals surface area contributed by atoms with Gasteiger partial charge < -0.3 is 0 Å². The molecule has 2 aromatic carbocycles. The summed E-state index contributed by atoms with van der Waals surface area (Å²) in [5.74, 6) is 0. The summed E-state index contributed by atoms with van der Waals surface area (Å²) in [4.78, 5) is 0. The van der Waals surface area contributed by atoms with Crippen molar-refractivity contribution in [2.24, 2.45) is 0 Å². The molecular weight excluding hydrogens is 204 g/mol. The van der Waals surface area contributed by atoms with Crippen LogP contribution in [-0.2, 0) is 12.8 Å². The molecule has 0 spiro atoms. The minimum absolute atomic E-state index is 1.03. The molecule has 0 radical (unpaired) electrons. The van der Waals surface area contributed by atoms with E-state index in [2.05, 4.69) is 62.5 Å². The van der Waals surface area contributed by atoms with Crippen LogP contribution in [-0.4, -0.2) is 0 Å². The van der Waals surface area contributed by atoms with Gasteiger partial charge in [-0.15, -0.1) is 0 Å². The van der Waals surface area contributed by atoms with Crippen molar-refractivity contribution < 1.29 is 0 Å². The van der Waals surface area contributed by atoms with Crippen LogP contribution in [0.15, 0.2) is 42.5 Å². The molecule has 0 N–H and O–H groups in total. The van der Waals surface area contributed by atoms with Crippen molar-refractivity contribution in [1.29, 1.82) is 0 Å². The third kappa shape index (κ3) is 2.65. The van der Waals surface area contributed by atoms with Crippen LogP contribution in [0.3, 0.4) is 0 Å². The fraction of sp³-hybridized carbons (Fsp3) is 0.176. The Hall–Kier alpha value is -1.82. The number of aryl methyl sites for hydroxylation is 2. The lowest BCUT2D eigenvalue weighted by atomic mass is 9.99. The lowest BCUT2D eigenvalue weighted by molar-refractivity contribution is 0.945. The van der Waals surface area contributed by atoms with Gasteiger partial charge in [-0.1, -0.05) is 55.6 Å². The number of hydrogen-bond donors (Lipinski definition) is 0. The standard InChI is InChI=1S/C17H18/c1-13-9-11-17(15(3)14(13)2)12-10-16-7-5-4-6-8-16/h4-9,11H,1-2,10,12H2,3H3. The first-order valence-corrected chi connectivity index (χ1v) is 5.99. The third-order valence-corrected chi connectivity index (χ3v) is 3.33. The summed E-state index contributed by atoms with van der Waals surface area (Å²) in [5, 5.41) is 2.11. The highest BCUT2D eigenvalue weighted by Gasteiger charge is 2.00. The van der Waals surface area contributed by atoms with Gasteiger partial charge in [0.2, 0.25) is 0 Å². The second kappa shape index (κ2) is 5.01. The normalized spacial score (nSPS) is 10.4. The van der Waals surface area contributed by atoms with E-state index in [4.69, 9.17) is 0 Å². The van der Waals surface area contributed by atoms with Crippen LogP contribution in [0.2, 0.25) is 0 Å². The quantitative estimate of drug-likeness (QED) is 0.749. The molecule has 0 saturated heterocycles. The lowest BCUT2D eigenvalue weighted by Gasteiger charge is -2.06. The SMILES string of the molecule is C=c1ccc(CCc2ccccc2)c(C)c1=C. The average molecular weight is 222 g/mol. The zero-order chi connectivity index (χ0) is 12.3. The Morgan fingerprint density at radius 2 is 1.59 bits per heavy atom. The molecule has 0 atom stereocenters. The van der Waals surface area contributed by atoms with Gasteiger partial charge >= 0.3 is 0 Å². The summed E-state index contributed by atoms with van der Waals surface area (Å²) < 4.78 is 0. The minimum atomic E-state index is 1.03. The van der Waals surface area contributed by atoms with Crippen molar-refractivity contribution in [3.8, 4) is 0 Å². The molecule has 86 valence electrons. The Balaban J connectivity index is 2.18. The van der Waals surface area contributed by atoms with Crippen molar-refractivity contribution in [2.45, 2.75) is 19.8 Å². The fourth-order valence-corrected chi connectivity index (χ4v) is 2.06. The predicted octanol–water partition coefficient (Wildman–Crippen LogP) is 2.60. The lowest BCUT2D eigenvalue weighted by Crippen LogP contribution is -2.25. The third-order valence-electron chi connectivity index (χ3n) is 3.33. The summed E-state index contributed by atoms with van der Waals surface area (Å²) >= 11 is 0. The van der Waals surface area contributed by atoms with Gasteiger partial charge in [-0.2, -0.15) is 0 Å². The molecule has 0 heterocycles. The molecular formula is C17H18. The van der Waals surface area contributed by atoms with Gasteiger partial charge in [0.25, 0.3) is 0 Å². The number of benzene rings is 2. The van der Waals surface area contributed by atoms with Crippen LogP contribution in [0.25, 0.3) is 13.2 Å². The van der Waals surface area contributed by atoms with Gasteiger partial charge in [-0.3, -0.25) is 0 Å². The average Bonchev–Trinajstić information content (AvgIpc) is 2.36. The Labute approximate surface area is 103 Å². The maximum absolute atomic E-state index is 4.07. The Morgan fingerprint density at radius 3 is 2.29 bits per heavy atom. The molecule has 0 aromatic heterocycles. The monoisotopic (exact) mass is 222 g/mol. The van der Waals surface area contributed by atoms with E-state index in [1.54, 1.807) is 0 Å². The van der Waals surface area contributed by atoms with E-state index in [0.717, 1.165) is 23.3 Å². The molecule has 0 unspecified atom stereocenters. The van der Waals surface area contributed by atoms with E-state index >= 15 is 0 Å². The molecule has 0 aliphatic heterocycles. The van der Waals surface area contributed by atoms with Crippen LogP contribution in [0.4, 0.5) is 0 Å². The molecule has 0 fully saturated rings. The zero-order valence-electron chi connectivity index (χ0n) is 10.4. The second-order valence-corrected chi connectivity index (χ2v) is 4.47. The molecule has 17 heavy (non-hydrogen) atoms. The van der Waals surface area contributed by atoms with Crippen LogP contribution in [0, 0.1) is 6.92 Å². The summed E-state index contributed by atoms with van der Waals surface area (Å²) in [6, 6.07) is 14.8. The molecule has 2 aromatic rings. The Morgan fingerprint density at radius 1 is 0.882 bits per heavy atom. The number of rotatable bonds is 3. The highest BCUT2D eigenvalue weighted by molar-refractivity contribution is 5.32. The highest BCUT2D eigenvalue weighted by Crippen LogP contribution is 2.07. The van der Waals surface area contributed by atoms with Gasteiger partial charge in [0.1, 0.15) is 0 Å². The predicted molar refractivity (Wildman–Crippen MR) is 75.3 cm³/mol. The zero-order valence-corrected chi connectivity index (χ0v) is 10.4. The van der Waals surface area contributed by atoms with Crippen LogP contribution in [0.1, 0.15) is 16.7 Å². The smallest absolute Gasteiger partial charge is 0.0230 e. The van der Waals surface area contributed by atoms with Gasteiger partial charge in [-0.05, 0) is 46.9 Å². The molecule has 0 saturated carbocycles. The molecule has 2 rings (SSSR count). The van der Waals surface area contributed by atoms with Crippen LogP contribution >= 0.6 is 0 Å². The van der Waals surface area contributed by atoms with Crippen LogP contribution < -0.4 is 10.4 Å². The first-order chi connectivity index (χ1) is 8.18. The maximum Gasteiger partial charge on any atom is -0.0230 e. The highest BCUT2D eigenvalue weighted by atomic mass is 14.0. The van der Waals surface area contributed by atoms with E-state index in [1.807, 2.05) is 0 Å². The molecule has 0 aliphatic carbocycles. The van der Waals surface area contributed by atoms with Gasteiger partial charge in [0, 0.05) is 0 Å². The van der Waals surface area contributed by atoms with Crippen LogP contribution in [0.5, 0.6) is 0 Å². The fourth-order valence-electron chi connectivity index (χ4n) is 2.06. The van der Waals surface area contributed by atoms with E-state index in [1.165, 1.54) is 16.7 Å². The summed E-state index contributed by atoms with van der Waals surface area (Å²) in [7, 11) is 0. The van der Waals surface area contributed by atoms with Gasteiger partial charge in [0.15, 0.2) is 0 Å². The van der Waals surface area contributed by atoms with Gasteiger partial charge in [-0.25, -0.2) is 0 Å². The first-order valence-electron chi connectivity index (χ1n) is 5.99. The molecule has 0 bridgehead atoms. The molecule has 0 amide bonds. The van der Waals surface area contributed by atoms with Crippen molar-refractivity contribution in [3.05, 3.63) is 69.6 Å². The summed E-state index contributed by atoms with van der Waals surface area (Å²) in [5.41, 5.74) is 4.05. The van der Waals surface area contributed by atoms with E-state index in [-0.39, 0.29) is 0 Å². The van der Waals surface area contributed by atoms with E-state index in [9.17, 15) is 0 Å². The first kappa shape index (κ1) is 11.7. The van der Waals surface area contributed by atoms with Crippen molar-refractivity contribution in [3.63, 3.8) is 0 Å². The Kier molecular flexibility index (Phi) is 3.43. The van der Waals surface area contributed by atoms with Crippen molar-refractivity contribution in [1.82, 2.24) is 0 Å². The Bertz CT molecular complexity index is 594. The van der Waals surface area contributed by atoms with Crippen molar-refractivity contribution in [2.75, 3.05) is 0 Å². The second-order valence-electron chi connectivity index (χ2n) is 4.47. The van der Waals surface area contributed by atoms with Crippen molar-refractivity contribution >= 4 is 13.2 Å². The van der Waals surface area contributed by atoms with Gasteiger partial charge in [0.05, 0.1) is 0 Å². The molecule has 0 aliphatic rings. The number of hydrogen-bond acceptors (Lipinski definition) is 0. The summed E-state index contributed by atoms with van der Waals surface area (Å²) in [6.45, 7) is 10.2. The molecule has 0 nitrogen and oxygen atoms in total. The summed E-state index contributed by atoms with van der Waals surface area (Å²) in [6.07, 6.45) is 2.15. The maximum atomic E-state index is 4.07. The van der Waals surface area contributed by atoms with E-state index in [0.29, 0.717) is 0 Å². The largest absolute Gasteiger partial charge is 0.0912 e.